The van der Waals surface area contributed by atoms with Crippen molar-refractivity contribution in [2.45, 2.75) is 42.2 Å². The molecule has 1 saturated carbocycles. The molecule has 1 aliphatic carbocycles. The molecule has 1 saturated heterocycles. The van der Waals surface area contributed by atoms with Crippen molar-refractivity contribution in [3.63, 3.8) is 0 Å². The Morgan fingerprint density at radius 3 is 2.25 bits per heavy atom. The molecule has 28 heavy (non-hydrogen) atoms. The van der Waals surface area contributed by atoms with Gasteiger partial charge < -0.3 is 29.9 Å². The Morgan fingerprint density at radius 2 is 1.64 bits per heavy atom. The van der Waals surface area contributed by atoms with Crippen LogP contribution in [0.3, 0.4) is 0 Å². The molecule has 4 N–H and O–H groups in total. The second kappa shape index (κ2) is 6.80. The van der Waals surface area contributed by atoms with Crippen LogP contribution in [0.4, 0.5) is 5.69 Å². The maximum absolute atomic E-state index is 11.0. The molecular formula is C19H19NO8. The van der Waals surface area contributed by atoms with Gasteiger partial charge in [-0.15, -0.1) is 0 Å². The maximum atomic E-state index is 11.0. The van der Waals surface area contributed by atoms with Gasteiger partial charge in [0.15, 0.2) is 0 Å². The Bertz CT molecular complexity index is 856. The lowest BCUT2D eigenvalue weighted by Gasteiger charge is -2.61. The Hall–Kier alpha value is -2.56. The number of hydrogen-bond acceptors (Lipinski definition) is 8. The number of benzene rings is 2. The molecule has 2 aromatic rings. The highest BCUT2D eigenvalue weighted by Crippen LogP contribution is 2.53. The summed E-state index contributed by atoms with van der Waals surface area (Å²) in [5.41, 5.74) is -1.40. The summed E-state index contributed by atoms with van der Waals surface area (Å²) in [6, 6.07) is 13.8. The van der Waals surface area contributed by atoms with E-state index in [0.717, 1.165) is 0 Å². The SMILES string of the molecule is O=[N+]([O-])c1ccc(O[C@@H]2O[C@@H]3[C@H](O)[C@H](c4ccccc4)[C@]3(O)[C@H](O)[C@H]2O)cc1. The summed E-state index contributed by atoms with van der Waals surface area (Å²) in [4.78, 5) is 10.2. The van der Waals surface area contributed by atoms with E-state index < -0.39 is 47.1 Å². The number of fused-ring (bicyclic) bond motifs is 1. The fourth-order valence-electron chi connectivity index (χ4n) is 3.97. The van der Waals surface area contributed by atoms with Crippen LogP contribution in [0.1, 0.15) is 11.5 Å². The summed E-state index contributed by atoms with van der Waals surface area (Å²) in [7, 11) is 0. The van der Waals surface area contributed by atoms with E-state index in [4.69, 9.17) is 9.47 Å². The van der Waals surface area contributed by atoms with Gasteiger partial charge in [0, 0.05) is 18.1 Å². The molecule has 2 fully saturated rings. The Balaban J connectivity index is 1.54. The van der Waals surface area contributed by atoms with Gasteiger partial charge in [-0.2, -0.15) is 0 Å². The molecule has 1 heterocycles. The zero-order valence-corrected chi connectivity index (χ0v) is 14.5. The second-order valence-corrected chi connectivity index (χ2v) is 7.00. The van der Waals surface area contributed by atoms with Crippen LogP contribution < -0.4 is 4.74 Å². The number of ether oxygens (including phenoxy) is 2. The molecule has 0 spiro atoms. The second-order valence-electron chi connectivity index (χ2n) is 7.00. The van der Waals surface area contributed by atoms with E-state index in [1.807, 2.05) is 0 Å². The number of aliphatic hydroxyl groups is 4. The molecule has 0 bridgehead atoms. The van der Waals surface area contributed by atoms with Crippen molar-refractivity contribution >= 4 is 5.69 Å². The Kier molecular flexibility index (Phi) is 4.56. The number of rotatable bonds is 4. The summed E-state index contributed by atoms with van der Waals surface area (Å²) in [6.45, 7) is 0. The number of aliphatic hydroxyl groups excluding tert-OH is 3. The molecule has 0 unspecified atom stereocenters. The summed E-state index contributed by atoms with van der Waals surface area (Å²) < 4.78 is 11.0. The van der Waals surface area contributed by atoms with Crippen LogP contribution in [0.2, 0.25) is 0 Å². The number of nitro benzene ring substituents is 1. The van der Waals surface area contributed by atoms with Crippen LogP contribution in [0.5, 0.6) is 5.75 Å². The first kappa shape index (κ1) is 18.8. The highest BCUT2D eigenvalue weighted by atomic mass is 16.7. The molecule has 9 nitrogen and oxygen atoms in total. The molecule has 9 heteroatoms. The van der Waals surface area contributed by atoms with E-state index in [1.54, 1.807) is 30.3 Å². The average molecular weight is 389 g/mol. The minimum Gasteiger partial charge on any atom is -0.462 e. The molecule has 0 radical (unpaired) electrons. The molecule has 4 rings (SSSR count). The normalized spacial score (nSPS) is 36.9. The van der Waals surface area contributed by atoms with Crippen molar-refractivity contribution in [1.29, 1.82) is 0 Å². The zero-order chi connectivity index (χ0) is 20.1. The van der Waals surface area contributed by atoms with Crippen molar-refractivity contribution in [2.75, 3.05) is 0 Å². The monoisotopic (exact) mass is 389 g/mol. The van der Waals surface area contributed by atoms with Gasteiger partial charge in [-0.25, -0.2) is 0 Å². The molecule has 1 aliphatic heterocycles. The Morgan fingerprint density at radius 1 is 1.00 bits per heavy atom. The lowest BCUT2D eigenvalue weighted by Crippen LogP contribution is -2.80. The van der Waals surface area contributed by atoms with Crippen LogP contribution in [0, 0.1) is 10.1 Å². The van der Waals surface area contributed by atoms with Crippen molar-refractivity contribution in [3.8, 4) is 5.75 Å². The summed E-state index contributed by atoms with van der Waals surface area (Å²) in [5.74, 6) is -0.663. The smallest absolute Gasteiger partial charge is 0.269 e. The van der Waals surface area contributed by atoms with E-state index in [1.165, 1.54) is 24.3 Å². The minimum atomic E-state index is -1.88. The van der Waals surface area contributed by atoms with E-state index in [0.29, 0.717) is 5.56 Å². The van der Waals surface area contributed by atoms with Crippen LogP contribution in [0.25, 0.3) is 0 Å². The van der Waals surface area contributed by atoms with Crippen LogP contribution in [-0.2, 0) is 4.74 Å². The third kappa shape index (κ3) is 2.76. The van der Waals surface area contributed by atoms with Crippen LogP contribution in [0.15, 0.2) is 54.6 Å². The largest absolute Gasteiger partial charge is 0.462 e. The van der Waals surface area contributed by atoms with Crippen molar-refractivity contribution in [3.05, 3.63) is 70.3 Å². The number of nitrogens with zero attached hydrogens (tertiary/aromatic N) is 1. The first-order valence-corrected chi connectivity index (χ1v) is 8.72. The first-order valence-electron chi connectivity index (χ1n) is 8.72. The minimum absolute atomic E-state index is 0.132. The first-order chi connectivity index (χ1) is 13.3. The van der Waals surface area contributed by atoms with Gasteiger partial charge >= 0.3 is 0 Å². The van der Waals surface area contributed by atoms with Crippen molar-refractivity contribution in [1.82, 2.24) is 0 Å². The van der Waals surface area contributed by atoms with Gasteiger partial charge in [0.25, 0.3) is 5.69 Å². The van der Waals surface area contributed by atoms with Crippen LogP contribution >= 0.6 is 0 Å². The quantitative estimate of drug-likeness (QED) is 0.432. The maximum Gasteiger partial charge on any atom is 0.269 e. The summed E-state index contributed by atoms with van der Waals surface area (Å²) >= 11 is 0. The Labute approximate surface area is 159 Å². The summed E-state index contributed by atoms with van der Waals surface area (Å²) in [6.07, 6.45) is -6.89. The lowest BCUT2D eigenvalue weighted by atomic mass is 9.57. The summed E-state index contributed by atoms with van der Waals surface area (Å²) in [5, 5.41) is 53.2. The lowest BCUT2D eigenvalue weighted by molar-refractivity contribution is -0.385. The van der Waals surface area contributed by atoms with E-state index in [-0.39, 0.29) is 11.4 Å². The van der Waals surface area contributed by atoms with Gasteiger partial charge in [0.1, 0.15) is 29.7 Å². The highest BCUT2D eigenvalue weighted by Gasteiger charge is 2.71. The third-order valence-electron chi connectivity index (χ3n) is 5.42. The number of non-ortho nitro benzene ring substituents is 1. The molecule has 7 atom stereocenters. The van der Waals surface area contributed by atoms with Gasteiger partial charge in [0.2, 0.25) is 6.29 Å². The molecule has 0 aromatic heterocycles. The molecule has 148 valence electrons. The molecule has 2 aliphatic rings. The molecular weight excluding hydrogens is 370 g/mol. The van der Waals surface area contributed by atoms with Gasteiger partial charge in [-0.05, 0) is 17.7 Å². The van der Waals surface area contributed by atoms with Gasteiger partial charge in [-0.1, -0.05) is 30.3 Å². The standard InChI is InChI=1S/C19H19NO8/c21-14-13(10-4-2-1-3-5-10)19(24)16(23)15(22)18(28-17(14)19)27-12-8-6-11(7-9-12)20(25)26/h1-9,13-18,21-24H/t13-,14+,15+,16+,17+,18+,19-/m0/s1. The topological polar surface area (TPSA) is 143 Å². The average Bonchev–Trinajstić information content (AvgIpc) is 2.70. The van der Waals surface area contributed by atoms with Gasteiger partial charge in [0.05, 0.1) is 11.0 Å². The predicted molar refractivity (Wildman–Crippen MR) is 94.5 cm³/mol. The van der Waals surface area contributed by atoms with E-state index in [9.17, 15) is 30.5 Å². The van der Waals surface area contributed by atoms with Crippen molar-refractivity contribution < 1.29 is 34.8 Å². The van der Waals surface area contributed by atoms with Gasteiger partial charge in [-0.3, -0.25) is 10.1 Å². The third-order valence-corrected chi connectivity index (χ3v) is 5.42. The van der Waals surface area contributed by atoms with Crippen LogP contribution in [-0.4, -0.2) is 61.7 Å². The predicted octanol–water partition coefficient (Wildman–Crippen LogP) is 0.310. The molecule has 0 amide bonds. The van der Waals surface area contributed by atoms with E-state index in [2.05, 4.69) is 0 Å². The van der Waals surface area contributed by atoms with E-state index >= 15 is 0 Å². The fraction of sp³-hybridized carbons (Fsp3) is 0.368. The highest BCUT2D eigenvalue weighted by molar-refractivity contribution is 5.37. The zero-order valence-electron chi connectivity index (χ0n) is 14.5. The fourth-order valence-corrected chi connectivity index (χ4v) is 3.97. The van der Waals surface area contributed by atoms with Crippen molar-refractivity contribution in [2.24, 2.45) is 0 Å². The molecule has 2 aromatic carbocycles. The number of hydrogen-bond donors (Lipinski definition) is 4. The number of nitro groups is 1.